The van der Waals surface area contributed by atoms with E-state index in [-0.39, 0.29) is 0 Å². The Morgan fingerprint density at radius 1 is 1.12 bits per heavy atom. The van der Waals surface area contributed by atoms with Gasteiger partial charge in [-0.05, 0) is 35.9 Å². The molecule has 88 valence electrons. The van der Waals surface area contributed by atoms with Crippen LogP contribution in [0.1, 0.15) is 17.4 Å². The molecule has 1 heterocycles. The third kappa shape index (κ3) is 3.63. The molecule has 0 amide bonds. The summed E-state index contributed by atoms with van der Waals surface area (Å²) in [5.74, 6) is 0. The van der Waals surface area contributed by atoms with Gasteiger partial charge >= 0.3 is 0 Å². The van der Waals surface area contributed by atoms with Crippen molar-refractivity contribution in [3.8, 4) is 0 Å². The zero-order valence-electron chi connectivity index (χ0n) is 8.98. The highest BCUT2D eigenvalue weighted by Gasteiger charge is 2.10. The van der Waals surface area contributed by atoms with Crippen molar-refractivity contribution in [1.82, 2.24) is 4.98 Å². The van der Waals surface area contributed by atoms with Crippen molar-refractivity contribution in [2.45, 2.75) is 12.5 Å². The van der Waals surface area contributed by atoms with E-state index < -0.39 is 6.10 Å². The van der Waals surface area contributed by atoms with Gasteiger partial charge in [-0.25, -0.2) is 0 Å². The molecular formula is C13H11Br2NO. The average molecular weight is 357 g/mol. The summed E-state index contributed by atoms with van der Waals surface area (Å²) in [6.45, 7) is 0. The molecule has 0 saturated carbocycles. The number of hydrogen-bond donors (Lipinski definition) is 1. The molecule has 0 radical (unpaired) electrons. The minimum atomic E-state index is -0.543. The molecule has 0 aliphatic heterocycles. The van der Waals surface area contributed by atoms with Gasteiger partial charge in [-0.3, -0.25) is 4.98 Å². The van der Waals surface area contributed by atoms with E-state index in [0.717, 1.165) is 20.2 Å². The van der Waals surface area contributed by atoms with Gasteiger partial charge in [0.05, 0.1) is 6.10 Å². The first kappa shape index (κ1) is 12.7. The maximum Gasteiger partial charge on any atom is 0.0846 e. The zero-order valence-corrected chi connectivity index (χ0v) is 12.1. The number of nitrogens with zero attached hydrogens (tertiary/aromatic N) is 1. The Kier molecular flexibility index (Phi) is 4.31. The summed E-state index contributed by atoms with van der Waals surface area (Å²) in [6.07, 6.45) is 1.71. The summed E-state index contributed by atoms with van der Waals surface area (Å²) < 4.78 is 1.89. The monoisotopic (exact) mass is 355 g/mol. The lowest BCUT2D eigenvalue weighted by Crippen LogP contribution is -2.03. The normalized spacial score (nSPS) is 12.4. The smallest absolute Gasteiger partial charge is 0.0846 e. The van der Waals surface area contributed by atoms with Gasteiger partial charge in [-0.2, -0.15) is 0 Å². The molecule has 1 aromatic heterocycles. The molecular weight excluding hydrogens is 346 g/mol. The van der Waals surface area contributed by atoms with Crippen LogP contribution in [0.5, 0.6) is 0 Å². The molecule has 0 saturated heterocycles. The van der Waals surface area contributed by atoms with Crippen LogP contribution < -0.4 is 0 Å². The minimum Gasteiger partial charge on any atom is -0.388 e. The molecule has 0 bridgehead atoms. The van der Waals surface area contributed by atoms with E-state index in [2.05, 4.69) is 36.8 Å². The average Bonchev–Trinajstić information content (AvgIpc) is 2.29. The van der Waals surface area contributed by atoms with E-state index >= 15 is 0 Å². The third-order valence-corrected chi connectivity index (χ3v) is 3.31. The van der Waals surface area contributed by atoms with Crippen LogP contribution in [-0.4, -0.2) is 10.1 Å². The highest BCUT2D eigenvalue weighted by Crippen LogP contribution is 2.25. The maximum absolute atomic E-state index is 10.1. The predicted molar refractivity (Wildman–Crippen MR) is 74.7 cm³/mol. The van der Waals surface area contributed by atoms with Gasteiger partial charge in [-0.15, -0.1) is 0 Å². The summed E-state index contributed by atoms with van der Waals surface area (Å²) >= 11 is 6.82. The van der Waals surface area contributed by atoms with E-state index in [1.165, 1.54) is 0 Å². The number of rotatable bonds is 3. The lowest BCUT2D eigenvalue weighted by molar-refractivity contribution is 0.177. The van der Waals surface area contributed by atoms with Crippen molar-refractivity contribution < 1.29 is 5.11 Å². The molecule has 0 fully saturated rings. The first-order valence-corrected chi connectivity index (χ1v) is 6.78. The van der Waals surface area contributed by atoms with Gasteiger partial charge in [0.2, 0.25) is 0 Å². The molecule has 0 aliphatic rings. The summed E-state index contributed by atoms with van der Waals surface area (Å²) in [5.41, 5.74) is 1.76. The van der Waals surface area contributed by atoms with Crippen LogP contribution >= 0.6 is 31.9 Å². The SMILES string of the molecule is OC(Cc1ccccn1)c1cc(Br)cc(Br)c1. The fourth-order valence-corrected chi connectivity index (χ4v) is 2.93. The fourth-order valence-electron chi connectivity index (χ4n) is 1.60. The Morgan fingerprint density at radius 2 is 1.82 bits per heavy atom. The molecule has 2 nitrogen and oxygen atoms in total. The van der Waals surface area contributed by atoms with Crippen molar-refractivity contribution >= 4 is 31.9 Å². The highest BCUT2D eigenvalue weighted by atomic mass is 79.9. The molecule has 1 atom stereocenters. The lowest BCUT2D eigenvalue weighted by atomic mass is 10.0. The van der Waals surface area contributed by atoms with Gasteiger partial charge in [0, 0.05) is 27.3 Å². The summed E-state index contributed by atoms with van der Waals surface area (Å²) in [7, 11) is 0. The fraction of sp³-hybridized carbons (Fsp3) is 0.154. The number of hydrogen-bond acceptors (Lipinski definition) is 2. The molecule has 2 rings (SSSR count). The number of aromatic nitrogens is 1. The molecule has 1 unspecified atom stereocenters. The Labute approximate surface area is 117 Å². The quantitative estimate of drug-likeness (QED) is 0.905. The largest absolute Gasteiger partial charge is 0.388 e. The summed E-state index contributed by atoms with van der Waals surface area (Å²) in [6, 6.07) is 11.5. The Bertz CT molecular complexity index is 482. The van der Waals surface area contributed by atoms with Gasteiger partial charge < -0.3 is 5.11 Å². The number of aliphatic hydroxyl groups is 1. The summed E-state index contributed by atoms with van der Waals surface area (Å²) in [5, 5.41) is 10.1. The van der Waals surface area contributed by atoms with E-state index in [4.69, 9.17) is 0 Å². The minimum absolute atomic E-state index is 0.518. The van der Waals surface area contributed by atoms with E-state index in [0.29, 0.717) is 6.42 Å². The zero-order chi connectivity index (χ0) is 12.3. The molecule has 4 heteroatoms. The van der Waals surface area contributed by atoms with Crippen molar-refractivity contribution in [3.63, 3.8) is 0 Å². The number of aliphatic hydroxyl groups excluding tert-OH is 1. The van der Waals surface area contributed by atoms with Crippen LogP contribution in [0.15, 0.2) is 51.5 Å². The highest BCUT2D eigenvalue weighted by molar-refractivity contribution is 9.11. The van der Waals surface area contributed by atoms with Crippen LogP contribution in [0.25, 0.3) is 0 Å². The topological polar surface area (TPSA) is 33.1 Å². The number of halogens is 2. The first-order chi connectivity index (χ1) is 8.15. The van der Waals surface area contributed by atoms with Gasteiger partial charge in [0.1, 0.15) is 0 Å². The van der Waals surface area contributed by atoms with Gasteiger partial charge in [0.15, 0.2) is 0 Å². The Morgan fingerprint density at radius 3 is 2.41 bits per heavy atom. The van der Waals surface area contributed by atoms with Gasteiger partial charge in [-0.1, -0.05) is 37.9 Å². The Hall–Kier alpha value is -0.710. The molecule has 2 aromatic rings. The molecule has 0 spiro atoms. The Balaban J connectivity index is 2.17. The lowest BCUT2D eigenvalue weighted by Gasteiger charge is -2.11. The van der Waals surface area contributed by atoms with Gasteiger partial charge in [0.25, 0.3) is 0 Å². The third-order valence-electron chi connectivity index (χ3n) is 2.40. The van der Waals surface area contributed by atoms with Crippen LogP contribution in [0, 0.1) is 0 Å². The first-order valence-electron chi connectivity index (χ1n) is 5.19. The number of pyridine rings is 1. The van der Waals surface area contributed by atoms with Crippen LogP contribution in [0.3, 0.4) is 0 Å². The van der Waals surface area contributed by atoms with E-state index in [9.17, 15) is 5.11 Å². The van der Waals surface area contributed by atoms with Crippen molar-refractivity contribution in [2.24, 2.45) is 0 Å². The standard InChI is InChI=1S/C13H11Br2NO/c14-10-5-9(6-11(15)7-10)13(17)8-12-3-1-2-4-16-12/h1-7,13,17H,8H2. The van der Waals surface area contributed by atoms with Crippen LogP contribution in [0.4, 0.5) is 0 Å². The molecule has 0 aliphatic carbocycles. The number of benzene rings is 1. The van der Waals surface area contributed by atoms with Crippen molar-refractivity contribution in [2.75, 3.05) is 0 Å². The molecule has 1 aromatic carbocycles. The van der Waals surface area contributed by atoms with Crippen molar-refractivity contribution in [3.05, 3.63) is 62.8 Å². The predicted octanol–water partition coefficient (Wildman–Crippen LogP) is 3.88. The maximum atomic E-state index is 10.1. The van der Waals surface area contributed by atoms with E-state index in [1.54, 1.807) is 6.20 Å². The van der Waals surface area contributed by atoms with Crippen LogP contribution in [0.2, 0.25) is 0 Å². The second-order valence-electron chi connectivity index (χ2n) is 3.74. The van der Waals surface area contributed by atoms with Crippen molar-refractivity contribution in [1.29, 1.82) is 0 Å². The van der Waals surface area contributed by atoms with E-state index in [1.807, 2.05) is 36.4 Å². The summed E-state index contributed by atoms with van der Waals surface area (Å²) in [4.78, 5) is 4.21. The molecule has 17 heavy (non-hydrogen) atoms. The molecule has 1 N–H and O–H groups in total. The van der Waals surface area contributed by atoms with Crippen LogP contribution in [-0.2, 0) is 6.42 Å². The second-order valence-corrected chi connectivity index (χ2v) is 5.58. The second kappa shape index (κ2) is 5.76.